The van der Waals surface area contributed by atoms with Gasteiger partial charge < -0.3 is 4.57 Å². The topological polar surface area (TPSA) is 17.3 Å². The Morgan fingerprint density at radius 3 is 1.96 bits per heavy atom. The van der Waals surface area contributed by atoms with Crippen LogP contribution in [0.5, 0.6) is 0 Å². The summed E-state index contributed by atoms with van der Waals surface area (Å²) < 4.78 is 2.47. The molecule has 0 fully saturated rings. The van der Waals surface area contributed by atoms with Crippen LogP contribution in [0.1, 0.15) is 37.5 Å². The molecule has 9 aromatic rings. The third kappa shape index (κ3) is 4.55. The van der Waals surface area contributed by atoms with E-state index < -0.39 is 0 Å². The van der Waals surface area contributed by atoms with Crippen LogP contribution in [0.4, 0.5) is 0 Å². The molecule has 53 heavy (non-hydrogen) atoms. The normalized spacial score (nSPS) is 14.4. The third-order valence-corrected chi connectivity index (χ3v) is 11.7. The molecule has 2 nitrogen and oxygen atoms in total. The van der Waals surface area contributed by atoms with Crippen LogP contribution in [0, 0.1) is 0 Å². The number of benzene rings is 8. The van der Waals surface area contributed by atoms with Gasteiger partial charge in [0.15, 0.2) is 0 Å². The van der Waals surface area contributed by atoms with Gasteiger partial charge in [0.25, 0.3) is 0 Å². The summed E-state index contributed by atoms with van der Waals surface area (Å²) in [5.74, 6) is 0. The molecule has 1 aliphatic rings. The molecular formula is C51H38N2. The van der Waals surface area contributed by atoms with Gasteiger partial charge in [-0.2, -0.15) is 0 Å². The number of hydrogen-bond donors (Lipinski definition) is 0. The van der Waals surface area contributed by atoms with Crippen LogP contribution in [0.25, 0.3) is 77.0 Å². The van der Waals surface area contributed by atoms with Gasteiger partial charge in [0.2, 0.25) is 0 Å². The zero-order chi connectivity index (χ0) is 35.8. The zero-order valence-corrected chi connectivity index (χ0v) is 30.2. The van der Waals surface area contributed by atoms with Gasteiger partial charge in [-0.1, -0.05) is 159 Å². The number of fused-ring (bicyclic) bond motifs is 8. The van der Waals surface area contributed by atoms with Gasteiger partial charge in [0.05, 0.1) is 16.7 Å². The van der Waals surface area contributed by atoms with Crippen molar-refractivity contribution < 1.29 is 0 Å². The Bertz CT molecular complexity index is 3110. The lowest BCUT2D eigenvalue weighted by atomic mass is 9.82. The zero-order valence-electron chi connectivity index (χ0n) is 30.2. The summed E-state index contributed by atoms with van der Waals surface area (Å²) in [7, 11) is 0. The van der Waals surface area contributed by atoms with E-state index in [2.05, 4.69) is 196 Å². The summed E-state index contributed by atoms with van der Waals surface area (Å²) in [6.45, 7) is 11.1. The number of aromatic nitrogens is 1. The largest absolute Gasteiger partial charge is 0.313 e. The maximum atomic E-state index is 4.84. The Morgan fingerprint density at radius 1 is 0.528 bits per heavy atom. The molecule has 2 heteroatoms. The standard InChI is InChI=1S/C51H38N2/c1-32(36-20-9-10-22-40(36)50(52-4)42-26-14-28-45-48(42)41-23-11-12-27-44(41)51(45,2)3)53-46-29-15-25-39(38-24-13-19-33-16-7-8-21-37(33)38)49(46)43-30-34-17-5-6-18-35(34)31-47(43)53/h5-31H,4H2,1-3H3/b36-32+,50-40-. The number of rotatable bonds is 4. The summed E-state index contributed by atoms with van der Waals surface area (Å²) in [6.07, 6.45) is 0. The second-order valence-corrected chi connectivity index (χ2v) is 14.8. The molecule has 0 atom stereocenters. The molecule has 252 valence electrons. The van der Waals surface area contributed by atoms with Crippen LogP contribution in [0.15, 0.2) is 169 Å². The van der Waals surface area contributed by atoms with E-state index in [1.54, 1.807) is 0 Å². The first-order chi connectivity index (χ1) is 26.0. The van der Waals surface area contributed by atoms with Crippen LogP contribution in [-0.2, 0) is 5.41 Å². The summed E-state index contributed by atoms with van der Waals surface area (Å²) in [5.41, 5.74) is 13.1. The highest BCUT2D eigenvalue weighted by molar-refractivity contribution is 6.20. The quantitative estimate of drug-likeness (QED) is 0.165. The molecule has 0 saturated carbocycles. The molecule has 1 heterocycles. The summed E-state index contributed by atoms with van der Waals surface area (Å²) in [6, 6.07) is 59.8. The molecule has 1 aromatic heterocycles. The van der Waals surface area contributed by atoms with Crippen molar-refractivity contribution in [2.75, 3.05) is 0 Å². The molecule has 0 amide bonds. The molecule has 0 radical (unpaired) electrons. The molecule has 0 unspecified atom stereocenters. The highest BCUT2D eigenvalue weighted by atomic mass is 15.0. The first-order valence-electron chi connectivity index (χ1n) is 18.4. The van der Waals surface area contributed by atoms with Crippen LogP contribution in [0.2, 0.25) is 0 Å². The van der Waals surface area contributed by atoms with Gasteiger partial charge >= 0.3 is 0 Å². The van der Waals surface area contributed by atoms with Gasteiger partial charge in [-0.15, -0.1) is 0 Å². The molecule has 8 aromatic carbocycles. The number of hydrogen-bond acceptors (Lipinski definition) is 1. The Kier molecular flexibility index (Phi) is 6.93. The minimum Gasteiger partial charge on any atom is -0.313 e. The average molecular weight is 679 g/mol. The molecule has 0 N–H and O–H groups in total. The van der Waals surface area contributed by atoms with Crippen LogP contribution in [-0.4, -0.2) is 11.3 Å². The molecular weight excluding hydrogens is 641 g/mol. The second-order valence-electron chi connectivity index (χ2n) is 14.8. The van der Waals surface area contributed by atoms with Gasteiger partial charge in [0, 0.05) is 37.9 Å². The fourth-order valence-electron chi connectivity index (χ4n) is 9.19. The third-order valence-electron chi connectivity index (χ3n) is 11.7. The first kappa shape index (κ1) is 31.2. The highest BCUT2D eigenvalue weighted by Crippen LogP contribution is 2.51. The van der Waals surface area contributed by atoms with Gasteiger partial charge in [-0.3, -0.25) is 4.99 Å². The van der Waals surface area contributed by atoms with Crippen LogP contribution in [0.3, 0.4) is 0 Å². The van der Waals surface area contributed by atoms with Crippen molar-refractivity contribution in [3.05, 3.63) is 191 Å². The number of aliphatic imine (C=N–C) groups is 1. The van der Waals surface area contributed by atoms with E-state index in [-0.39, 0.29) is 5.41 Å². The predicted octanol–water partition coefficient (Wildman–Crippen LogP) is 11.6. The van der Waals surface area contributed by atoms with Crippen molar-refractivity contribution in [3.63, 3.8) is 0 Å². The highest BCUT2D eigenvalue weighted by Gasteiger charge is 2.36. The summed E-state index contributed by atoms with van der Waals surface area (Å²) in [4.78, 5) is 4.84. The second kappa shape index (κ2) is 11.8. The Balaban J connectivity index is 1.34. The monoisotopic (exact) mass is 678 g/mol. The predicted molar refractivity (Wildman–Crippen MR) is 226 cm³/mol. The minimum absolute atomic E-state index is 0.108. The molecule has 0 aliphatic heterocycles. The van der Waals surface area contributed by atoms with Crippen molar-refractivity contribution in [3.8, 4) is 22.3 Å². The van der Waals surface area contributed by atoms with Gasteiger partial charge in [-0.05, 0) is 86.8 Å². The Labute approximate surface area is 309 Å². The fourth-order valence-corrected chi connectivity index (χ4v) is 9.19. The van der Waals surface area contributed by atoms with Crippen LogP contribution >= 0.6 is 0 Å². The van der Waals surface area contributed by atoms with Crippen molar-refractivity contribution in [1.82, 2.24) is 4.57 Å². The molecule has 0 bridgehead atoms. The van der Waals surface area contributed by atoms with E-state index in [0.29, 0.717) is 0 Å². The summed E-state index contributed by atoms with van der Waals surface area (Å²) in [5, 5.41) is 9.64. The first-order valence-corrected chi connectivity index (χ1v) is 18.4. The molecule has 0 spiro atoms. The maximum absolute atomic E-state index is 4.84. The van der Waals surface area contributed by atoms with Gasteiger partial charge in [-0.25, -0.2) is 0 Å². The maximum Gasteiger partial charge on any atom is 0.0780 e. The van der Waals surface area contributed by atoms with E-state index in [1.807, 2.05) is 0 Å². The van der Waals surface area contributed by atoms with Crippen LogP contribution < -0.4 is 10.4 Å². The smallest absolute Gasteiger partial charge is 0.0780 e. The van der Waals surface area contributed by atoms with Crippen molar-refractivity contribution in [1.29, 1.82) is 0 Å². The van der Waals surface area contributed by atoms with Crippen molar-refractivity contribution in [2.24, 2.45) is 4.99 Å². The van der Waals surface area contributed by atoms with E-state index in [1.165, 1.54) is 76.7 Å². The minimum atomic E-state index is -0.108. The summed E-state index contributed by atoms with van der Waals surface area (Å²) >= 11 is 0. The molecule has 0 saturated heterocycles. The Morgan fingerprint density at radius 2 is 1.13 bits per heavy atom. The lowest BCUT2D eigenvalue weighted by Crippen LogP contribution is -2.30. The fraction of sp³-hybridized carbons (Fsp3) is 0.0784. The van der Waals surface area contributed by atoms with E-state index in [0.717, 1.165) is 27.4 Å². The SMILES string of the molecule is C=N/C(c1cccc2c1-c1ccccc1C2(C)C)=c1/cccc/c1=C(/C)n1c2cc3ccccc3cc2c2c(-c3cccc4ccccc34)cccc21. The average Bonchev–Trinajstić information content (AvgIpc) is 3.65. The van der Waals surface area contributed by atoms with E-state index in [4.69, 9.17) is 4.99 Å². The number of nitrogens with zero attached hydrogens (tertiary/aromatic N) is 2. The van der Waals surface area contributed by atoms with E-state index >= 15 is 0 Å². The molecule has 10 rings (SSSR count). The van der Waals surface area contributed by atoms with E-state index in [9.17, 15) is 0 Å². The lowest BCUT2D eigenvalue weighted by molar-refractivity contribution is 0.660. The van der Waals surface area contributed by atoms with Crippen molar-refractivity contribution in [2.45, 2.75) is 26.2 Å². The Hall–Kier alpha value is -6.51. The van der Waals surface area contributed by atoms with Gasteiger partial charge in [0.1, 0.15) is 0 Å². The lowest BCUT2D eigenvalue weighted by Gasteiger charge is -2.21. The molecule has 1 aliphatic carbocycles. The van der Waals surface area contributed by atoms with Crippen molar-refractivity contribution >= 4 is 61.5 Å².